The molecule has 0 saturated carbocycles. The molecule has 0 radical (unpaired) electrons. The third-order valence-corrected chi connectivity index (χ3v) is 4.50. The predicted octanol–water partition coefficient (Wildman–Crippen LogP) is 0.0479. The molecule has 1 unspecified atom stereocenters. The minimum atomic E-state index is -2.93. The summed E-state index contributed by atoms with van der Waals surface area (Å²) in [5.41, 5.74) is 5.03. The molecule has 88 valence electrons. The van der Waals surface area contributed by atoms with Gasteiger partial charge in [-0.2, -0.15) is 4.98 Å². The fourth-order valence-corrected chi connectivity index (χ4v) is 3.90. The molecule has 0 aromatic carbocycles. The molecule has 0 spiro atoms. The number of nitrogens with zero attached hydrogens (tertiary/aromatic N) is 2. The van der Waals surface area contributed by atoms with E-state index in [2.05, 4.69) is 15.3 Å². The summed E-state index contributed by atoms with van der Waals surface area (Å²) in [7, 11) is -2.93. The summed E-state index contributed by atoms with van der Waals surface area (Å²) in [5, 5.41) is 3.03. The van der Waals surface area contributed by atoms with Gasteiger partial charge in [-0.25, -0.2) is 13.4 Å². The molecule has 0 bridgehead atoms. The van der Waals surface area contributed by atoms with Crippen LogP contribution in [0.1, 0.15) is 13.3 Å². The van der Waals surface area contributed by atoms with Gasteiger partial charge in [-0.1, -0.05) is 0 Å². The number of hydrogen-bond donors (Lipinski definition) is 2. The van der Waals surface area contributed by atoms with Gasteiger partial charge in [-0.3, -0.25) is 0 Å². The molecule has 6 nitrogen and oxygen atoms in total. The lowest BCUT2D eigenvalue weighted by Gasteiger charge is -2.23. The molecule has 2 heterocycles. The van der Waals surface area contributed by atoms with Gasteiger partial charge in [-0.15, -0.1) is 0 Å². The van der Waals surface area contributed by atoms with Gasteiger partial charge in [0.25, 0.3) is 0 Å². The first-order valence-corrected chi connectivity index (χ1v) is 6.78. The van der Waals surface area contributed by atoms with Crippen LogP contribution in [0.25, 0.3) is 0 Å². The van der Waals surface area contributed by atoms with E-state index in [4.69, 9.17) is 5.73 Å². The van der Waals surface area contributed by atoms with Crippen LogP contribution in [0.5, 0.6) is 0 Å². The topological polar surface area (TPSA) is 98.0 Å². The molecule has 16 heavy (non-hydrogen) atoms. The van der Waals surface area contributed by atoms with Crippen molar-refractivity contribution < 1.29 is 8.42 Å². The highest BCUT2D eigenvalue weighted by atomic mass is 32.2. The lowest BCUT2D eigenvalue weighted by molar-refractivity contribution is 0.569. The first-order valence-electron chi connectivity index (χ1n) is 4.96. The van der Waals surface area contributed by atoms with Gasteiger partial charge in [0.15, 0.2) is 9.84 Å². The van der Waals surface area contributed by atoms with Crippen LogP contribution in [0, 0.1) is 0 Å². The van der Waals surface area contributed by atoms with Crippen LogP contribution in [0.3, 0.4) is 0 Å². The van der Waals surface area contributed by atoms with Gasteiger partial charge in [0.05, 0.1) is 17.0 Å². The molecular weight excluding hydrogens is 228 g/mol. The zero-order chi connectivity index (χ0) is 11.8. The number of nitrogens with two attached hydrogens (primary N) is 1. The SMILES string of the molecule is CC1(Nc2nccc(N)n2)CCS(=O)(=O)C1. The van der Waals surface area contributed by atoms with Crippen molar-refractivity contribution >= 4 is 21.6 Å². The molecule has 0 amide bonds. The van der Waals surface area contributed by atoms with E-state index in [1.54, 1.807) is 6.07 Å². The Balaban J connectivity index is 2.16. The van der Waals surface area contributed by atoms with E-state index in [1.165, 1.54) is 6.20 Å². The fraction of sp³-hybridized carbons (Fsp3) is 0.556. The maximum Gasteiger partial charge on any atom is 0.225 e. The summed E-state index contributed by atoms with van der Waals surface area (Å²) in [6.07, 6.45) is 2.10. The van der Waals surface area contributed by atoms with Crippen LogP contribution in [0.4, 0.5) is 11.8 Å². The average Bonchev–Trinajstić information content (AvgIpc) is 2.40. The van der Waals surface area contributed by atoms with Crippen LogP contribution in [0.15, 0.2) is 12.3 Å². The van der Waals surface area contributed by atoms with Crippen molar-refractivity contribution in [3.63, 3.8) is 0 Å². The molecule has 1 aliphatic rings. The van der Waals surface area contributed by atoms with Crippen molar-refractivity contribution in [3.8, 4) is 0 Å². The number of aromatic nitrogens is 2. The van der Waals surface area contributed by atoms with Gasteiger partial charge >= 0.3 is 0 Å². The van der Waals surface area contributed by atoms with E-state index < -0.39 is 15.4 Å². The highest BCUT2D eigenvalue weighted by molar-refractivity contribution is 7.91. The maximum atomic E-state index is 11.4. The zero-order valence-electron chi connectivity index (χ0n) is 8.97. The molecule has 2 rings (SSSR count). The Bertz CT molecular complexity index is 502. The molecule has 0 aliphatic carbocycles. The van der Waals surface area contributed by atoms with Crippen molar-refractivity contribution in [1.82, 2.24) is 9.97 Å². The van der Waals surface area contributed by atoms with E-state index in [1.807, 2.05) is 6.92 Å². The number of nitrogen functional groups attached to an aromatic ring is 1. The van der Waals surface area contributed by atoms with E-state index in [0.29, 0.717) is 18.2 Å². The van der Waals surface area contributed by atoms with Gasteiger partial charge in [-0.05, 0) is 19.4 Å². The number of rotatable bonds is 2. The largest absolute Gasteiger partial charge is 0.384 e. The monoisotopic (exact) mass is 242 g/mol. The summed E-state index contributed by atoms with van der Waals surface area (Å²) in [5.74, 6) is 1.05. The minimum absolute atomic E-state index is 0.109. The van der Waals surface area contributed by atoms with E-state index in [9.17, 15) is 8.42 Å². The van der Waals surface area contributed by atoms with Crippen LogP contribution < -0.4 is 11.1 Å². The fourth-order valence-electron chi connectivity index (χ4n) is 1.81. The first-order chi connectivity index (χ1) is 7.39. The highest BCUT2D eigenvalue weighted by Gasteiger charge is 2.38. The van der Waals surface area contributed by atoms with Crippen LogP contribution in [-0.2, 0) is 9.84 Å². The zero-order valence-corrected chi connectivity index (χ0v) is 9.79. The Morgan fingerprint density at radius 3 is 2.88 bits per heavy atom. The maximum absolute atomic E-state index is 11.4. The van der Waals surface area contributed by atoms with Crippen molar-refractivity contribution in [1.29, 1.82) is 0 Å². The third kappa shape index (κ3) is 2.41. The van der Waals surface area contributed by atoms with Crippen molar-refractivity contribution in [3.05, 3.63) is 12.3 Å². The lowest BCUT2D eigenvalue weighted by Crippen LogP contribution is -2.36. The molecule has 1 fully saturated rings. The standard InChI is InChI=1S/C9H14N4O2S/c1-9(3-5-16(14,15)6-9)13-8-11-4-2-7(10)12-8/h2,4H,3,5-6H2,1H3,(H3,10,11,12,13). The second-order valence-electron chi connectivity index (χ2n) is 4.33. The Labute approximate surface area is 94.2 Å². The average molecular weight is 242 g/mol. The summed E-state index contributed by atoms with van der Waals surface area (Å²) < 4.78 is 22.8. The molecule has 7 heteroatoms. The lowest BCUT2D eigenvalue weighted by atomic mass is 10.0. The number of hydrogen-bond acceptors (Lipinski definition) is 6. The number of sulfone groups is 1. The van der Waals surface area contributed by atoms with Gasteiger partial charge in [0, 0.05) is 6.20 Å². The molecular formula is C9H14N4O2S. The summed E-state index contributed by atoms with van der Waals surface area (Å²) in [6.45, 7) is 1.85. The Kier molecular flexibility index (Phi) is 2.49. The van der Waals surface area contributed by atoms with Crippen LogP contribution in [-0.4, -0.2) is 35.4 Å². The molecule has 1 aromatic rings. The molecule has 1 aliphatic heterocycles. The quantitative estimate of drug-likeness (QED) is 0.760. The summed E-state index contributed by atoms with van der Waals surface area (Å²) >= 11 is 0. The molecule has 3 N–H and O–H groups in total. The van der Waals surface area contributed by atoms with Crippen molar-refractivity contribution in [2.24, 2.45) is 0 Å². The second-order valence-corrected chi connectivity index (χ2v) is 6.52. The smallest absolute Gasteiger partial charge is 0.225 e. The predicted molar refractivity (Wildman–Crippen MR) is 61.7 cm³/mol. The number of nitrogens with one attached hydrogen (secondary N) is 1. The highest BCUT2D eigenvalue weighted by Crippen LogP contribution is 2.26. The number of anilines is 2. The van der Waals surface area contributed by atoms with Crippen molar-refractivity contribution in [2.45, 2.75) is 18.9 Å². The molecule has 1 atom stereocenters. The van der Waals surface area contributed by atoms with Gasteiger partial charge < -0.3 is 11.1 Å². The minimum Gasteiger partial charge on any atom is -0.384 e. The van der Waals surface area contributed by atoms with E-state index in [0.717, 1.165) is 0 Å². The Hall–Kier alpha value is -1.37. The van der Waals surface area contributed by atoms with E-state index >= 15 is 0 Å². The van der Waals surface area contributed by atoms with Crippen molar-refractivity contribution in [2.75, 3.05) is 22.6 Å². The Morgan fingerprint density at radius 2 is 2.31 bits per heavy atom. The summed E-state index contributed by atoms with van der Waals surface area (Å²) in [6, 6.07) is 1.58. The first kappa shape index (κ1) is 11.1. The molecule has 1 aromatic heterocycles. The summed E-state index contributed by atoms with van der Waals surface area (Å²) in [4.78, 5) is 7.99. The van der Waals surface area contributed by atoms with Crippen LogP contribution >= 0.6 is 0 Å². The van der Waals surface area contributed by atoms with Crippen LogP contribution in [0.2, 0.25) is 0 Å². The Morgan fingerprint density at radius 1 is 1.56 bits per heavy atom. The third-order valence-electron chi connectivity index (χ3n) is 2.59. The second kappa shape index (κ2) is 3.58. The van der Waals surface area contributed by atoms with Gasteiger partial charge in [0.2, 0.25) is 5.95 Å². The molecule has 1 saturated heterocycles. The van der Waals surface area contributed by atoms with Gasteiger partial charge in [0.1, 0.15) is 5.82 Å². The van der Waals surface area contributed by atoms with E-state index in [-0.39, 0.29) is 11.5 Å². The normalized spacial score (nSPS) is 27.8.